The molecule has 0 spiro atoms. The number of phenolic OH excluding ortho intramolecular Hbond substituents is 1. The smallest absolute Gasteiger partial charge is 0.504 e. The first-order chi connectivity index (χ1) is 9.28. The van der Waals surface area contributed by atoms with Crippen molar-refractivity contribution in [2.45, 2.75) is 6.36 Å². The number of benzene rings is 2. The Labute approximate surface area is 110 Å². The van der Waals surface area contributed by atoms with E-state index in [0.717, 1.165) is 18.2 Å². The molecule has 0 bridgehead atoms. The topological polar surface area (TPSA) is 29.5 Å². The van der Waals surface area contributed by atoms with Crippen molar-refractivity contribution in [3.8, 4) is 22.6 Å². The maximum atomic E-state index is 13.2. The molecule has 0 aliphatic heterocycles. The third kappa shape index (κ3) is 2.98. The summed E-state index contributed by atoms with van der Waals surface area (Å²) in [6, 6.07) is 5.88. The number of rotatable bonds is 2. The van der Waals surface area contributed by atoms with Crippen molar-refractivity contribution < 1.29 is 31.8 Å². The van der Waals surface area contributed by atoms with Gasteiger partial charge in [-0.3, -0.25) is 0 Å². The Morgan fingerprint density at radius 3 is 2.25 bits per heavy atom. The van der Waals surface area contributed by atoms with Gasteiger partial charge in [-0.1, -0.05) is 18.2 Å². The van der Waals surface area contributed by atoms with Gasteiger partial charge in [-0.05, 0) is 12.1 Å². The van der Waals surface area contributed by atoms with Crippen LogP contribution in [-0.4, -0.2) is 11.5 Å². The average Bonchev–Trinajstić information content (AvgIpc) is 2.33. The van der Waals surface area contributed by atoms with E-state index in [4.69, 9.17) is 0 Å². The van der Waals surface area contributed by atoms with E-state index in [0.29, 0.717) is 6.07 Å². The zero-order chi connectivity index (χ0) is 14.9. The van der Waals surface area contributed by atoms with Gasteiger partial charge >= 0.3 is 6.36 Å². The summed E-state index contributed by atoms with van der Waals surface area (Å²) < 4.78 is 66.9. The summed E-state index contributed by atoms with van der Waals surface area (Å²) in [6.45, 7) is 0. The predicted octanol–water partition coefficient (Wildman–Crippen LogP) is 4.24. The van der Waals surface area contributed by atoms with Gasteiger partial charge in [0.15, 0.2) is 11.6 Å². The van der Waals surface area contributed by atoms with E-state index >= 15 is 0 Å². The highest BCUT2D eigenvalue weighted by molar-refractivity contribution is 5.75. The van der Waals surface area contributed by atoms with Gasteiger partial charge in [0.1, 0.15) is 11.6 Å². The van der Waals surface area contributed by atoms with E-state index in [-0.39, 0.29) is 5.56 Å². The fraction of sp³-hybridized carbons (Fsp3) is 0.0769. The van der Waals surface area contributed by atoms with Crippen molar-refractivity contribution in [2.24, 2.45) is 0 Å². The van der Waals surface area contributed by atoms with Crippen LogP contribution in [0.4, 0.5) is 22.0 Å². The molecule has 0 unspecified atom stereocenters. The van der Waals surface area contributed by atoms with Gasteiger partial charge in [-0.15, -0.1) is 13.2 Å². The van der Waals surface area contributed by atoms with Gasteiger partial charge in [-0.2, -0.15) is 0 Å². The summed E-state index contributed by atoms with van der Waals surface area (Å²) in [6.07, 6.45) is -4.96. The monoisotopic (exact) mass is 290 g/mol. The van der Waals surface area contributed by atoms with Crippen LogP contribution in [0.2, 0.25) is 0 Å². The highest BCUT2D eigenvalue weighted by Crippen LogP contribution is 2.39. The molecular weight excluding hydrogens is 283 g/mol. The maximum Gasteiger partial charge on any atom is 0.573 e. The molecule has 1 N–H and O–H groups in total. The van der Waals surface area contributed by atoms with Crippen LogP contribution < -0.4 is 4.74 Å². The molecule has 106 valence electrons. The second-order valence-electron chi connectivity index (χ2n) is 3.83. The molecule has 0 aliphatic carbocycles. The zero-order valence-corrected chi connectivity index (χ0v) is 9.71. The van der Waals surface area contributed by atoms with Crippen LogP contribution in [0.3, 0.4) is 0 Å². The molecule has 0 fully saturated rings. The molecule has 0 heterocycles. The van der Waals surface area contributed by atoms with Crippen LogP contribution in [0.5, 0.6) is 11.5 Å². The Hall–Kier alpha value is -2.31. The third-order valence-corrected chi connectivity index (χ3v) is 2.43. The molecule has 0 aromatic heterocycles. The molecule has 20 heavy (non-hydrogen) atoms. The van der Waals surface area contributed by atoms with Crippen molar-refractivity contribution in [3.63, 3.8) is 0 Å². The van der Waals surface area contributed by atoms with Gasteiger partial charge in [0.25, 0.3) is 0 Å². The molecule has 0 aliphatic rings. The lowest BCUT2D eigenvalue weighted by Gasteiger charge is -2.14. The number of alkyl halides is 3. The SMILES string of the molecule is Oc1c(F)cc(F)cc1-c1ccccc1OC(F)(F)F. The summed E-state index contributed by atoms with van der Waals surface area (Å²) in [5.41, 5.74) is -0.705. The number of halogens is 5. The quantitative estimate of drug-likeness (QED) is 0.838. The molecule has 0 radical (unpaired) electrons. The molecule has 2 aromatic rings. The second kappa shape index (κ2) is 4.99. The standard InChI is InChI=1S/C13H7F5O2/c14-7-5-9(12(19)10(15)6-7)8-3-1-2-4-11(8)20-13(16,17)18/h1-6,19H. The van der Waals surface area contributed by atoms with Crippen molar-refractivity contribution in [2.75, 3.05) is 0 Å². The van der Waals surface area contributed by atoms with Gasteiger partial charge in [0.05, 0.1) is 0 Å². The van der Waals surface area contributed by atoms with Crippen LogP contribution in [-0.2, 0) is 0 Å². The largest absolute Gasteiger partial charge is 0.573 e. The lowest BCUT2D eigenvalue weighted by molar-refractivity contribution is -0.274. The minimum atomic E-state index is -4.96. The summed E-state index contributed by atoms with van der Waals surface area (Å²) in [5, 5.41) is 9.52. The van der Waals surface area contributed by atoms with E-state index in [1.54, 1.807) is 0 Å². The van der Waals surface area contributed by atoms with Crippen LogP contribution in [0.25, 0.3) is 11.1 Å². The fourth-order valence-corrected chi connectivity index (χ4v) is 1.67. The fourth-order valence-electron chi connectivity index (χ4n) is 1.67. The Morgan fingerprint density at radius 1 is 0.950 bits per heavy atom. The summed E-state index contributed by atoms with van der Waals surface area (Å²) in [4.78, 5) is 0. The molecule has 0 saturated carbocycles. The molecule has 7 heteroatoms. The predicted molar refractivity (Wildman–Crippen MR) is 60.1 cm³/mol. The summed E-state index contributed by atoms with van der Waals surface area (Å²) in [7, 11) is 0. The molecule has 2 rings (SSSR count). The first-order valence-corrected chi connectivity index (χ1v) is 5.31. The van der Waals surface area contributed by atoms with Crippen molar-refractivity contribution in [3.05, 3.63) is 48.0 Å². The molecule has 2 aromatic carbocycles. The highest BCUT2D eigenvalue weighted by Gasteiger charge is 2.32. The van der Waals surface area contributed by atoms with Crippen LogP contribution >= 0.6 is 0 Å². The van der Waals surface area contributed by atoms with Gasteiger partial charge in [0, 0.05) is 17.2 Å². The number of ether oxygens (including phenoxy) is 1. The van der Waals surface area contributed by atoms with E-state index < -0.39 is 35.1 Å². The first kappa shape index (κ1) is 14.1. The van der Waals surface area contributed by atoms with E-state index in [9.17, 15) is 27.1 Å². The van der Waals surface area contributed by atoms with E-state index in [2.05, 4.69) is 4.74 Å². The van der Waals surface area contributed by atoms with E-state index in [1.165, 1.54) is 12.1 Å². The van der Waals surface area contributed by atoms with Crippen molar-refractivity contribution in [1.29, 1.82) is 0 Å². The van der Waals surface area contributed by atoms with E-state index in [1.807, 2.05) is 0 Å². The number of phenols is 1. The molecule has 2 nitrogen and oxygen atoms in total. The number of para-hydroxylation sites is 1. The summed E-state index contributed by atoms with van der Waals surface area (Å²) in [5.74, 6) is -3.93. The number of aromatic hydroxyl groups is 1. The Kier molecular flexibility index (Phi) is 3.52. The van der Waals surface area contributed by atoms with Crippen molar-refractivity contribution >= 4 is 0 Å². The average molecular weight is 290 g/mol. The number of hydrogen-bond acceptors (Lipinski definition) is 2. The number of hydrogen-bond donors (Lipinski definition) is 1. The Balaban J connectivity index is 2.59. The second-order valence-corrected chi connectivity index (χ2v) is 3.83. The Morgan fingerprint density at radius 2 is 1.60 bits per heavy atom. The Bertz CT molecular complexity index is 637. The third-order valence-electron chi connectivity index (χ3n) is 2.43. The first-order valence-electron chi connectivity index (χ1n) is 5.31. The van der Waals surface area contributed by atoms with Crippen molar-refractivity contribution in [1.82, 2.24) is 0 Å². The highest BCUT2D eigenvalue weighted by atomic mass is 19.4. The van der Waals surface area contributed by atoms with Crippen LogP contribution in [0.1, 0.15) is 0 Å². The van der Waals surface area contributed by atoms with Crippen LogP contribution in [0.15, 0.2) is 36.4 Å². The minimum absolute atomic E-state index is 0.277. The molecule has 0 saturated heterocycles. The normalized spacial score (nSPS) is 11.4. The minimum Gasteiger partial charge on any atom is -0.504 e. The van der Waals surface area contributed by atoms with Gasteiger partial charge in [-0.25, -0.2) is 8.78 Å². The van der Waals surface area contributed by atoms with Gasteiger partial charge in [0.2, 0.25) is 0 Å². The molecule has 0 amide bonds. The summed E-state index contributed by atoms with van der Waals surface area (Å²) >= 11 is 0. The van der Waals surface area contributed by atoms with Gasteiger partial charge < -0.3 is 9.84 Å². The lowest BCUT2D eigenvalue weighted by atomic mass is 10.0. The molecule has 0 atom stereocenters. The van der Waals surface area contributed by atoms with Crippen LogP contribution in [0, 0.1) is 11.6 Å². The lowest BCUT2D eigenvalue weighted by Crippen LogP contribution is -2.17. The zero-order valence-electron chi connectivity index (χ0n) is 9.71. The maximum absolute atomic E-state index is 13.2. The molecular formula is C13H7F5O2.